The Morgan fingerprint density at radius 1 is 1.47 bits per heavy atom. The summed E-state index contributed by atoms with van der Waals surface area (Å²) in [5, 5.41) is 17.0. The summed E-state index contributed by atoms with van der Waals surface area (Å²) in [5.41, 5.74) is 0.511. The molecule has 0 saturated carbocycles. The standard InChI is InChI=1S/C11H12FNO2/c12-10-7-9(8-14)3-4-11(10)15-6-2-1-5-13/h3-4,7,14H,1-2,6,8H2. The van der Waals surface area contributed by atoms with Gasteiger partial charge in [0, 0.05) is 6.42 Å². The Hall–Kier alpha value is -1.60. The Labute approximate surface area is 87.7 Å². The number of ether oxygens (including phenoxy) is 1. The van der Waals surface area contributed by atoms with Gasteiger partial charge in [0.05, 0.1) is 19.3 Å². The molecule has 1 rings (SSSR count). The fraction of sp³-hybridized carbons (Fsp3) is 0.364. The third kappa shape index (κ3) is 3.56. The van der Waals surface area contributed by atoms with Crippen molar-refractivity contribution in [3.63, 3.8) is 0 Å². The van der Waals surface area contributed by atoms with Gasteiger partial charge in [-0.15, -0.1) is 0 Å². The lowest BCUT2D eigenvalue weighted by molar-refractivity contribution is 0.278. The van der Waals surface area contributed by atoms with E-state index in [2.05, 4.69) is 0 Å². The molecule has 0 aromatic heterocycles. The van der Waals surface area contributed by atoms with Crippen LogP contribution in [-0.4, -0.2) is 11.7 Å². The van der Waals surface area contributed by atoms with Crippen LogP contribution in [0.15, 0.2) is 18.2 Å². The van der Waals surface area contributed by atoms with Gasteiger partial charge in [0.25, 0.3) is 0 Å². The minimum atomic E-state index is -0.487. The van der Waals surface area contributed by atoms with E-state index in [1.54, 1.807) is 6.07 Å². The summed E-state index contributed by atoms with van der Waals surface area (Å²) >= 11 is 0. The molecule has 15 heavy (non-hydrogen) atoms. The van der Waals surface area contributed by atoms with E-state index < -0.39 is 5.82 Å². The molecular formula is C11H12FNO2. The van der Waals surface area contributed by atoms with Crippen LogP contribution in [0.4, 0.5) is 4.39 Å². The highest BCUT2D eigenvalue weighted by Crippen LogP contribution is 2.18. The SMILES string of the molecule is N#CCCCOc1ccc(CO)cc1F. The van der Waals surface area contributed by atoms with Crippen molar-refractivity contribution in [3.8, 4) is 11.8 Å². The average Bonchev–Trinajstić information content (AvgIpc) is 2.26. The molecule has 3 nitrogen and oxygen atoms in total. The van der Waals surface area contributed by atoms with Crippen LogP contribution in [-0.2, 0) is 6.61 Å². The lowest BCUT2D eigenvalue weighted by Crippen LogP contribution is -1.99. The summed E-state index contributed by atoms with van der Waals surface area (Å²) in [7, 11) is 0. The number of hydrogen-bond donors (Lipinski definition) is 1. The normalized spacial score (nSPS) is 9.67. The van der Waals surface area contributed by atoms with Gasteiger partial charge < -0.3 is 9.84 Å². The zero-order chi connectivity index (χ0) is 11.1. The second-order valence-corrected chi connectivity index (χ2v) is 3.03. The molecule has 0 fully saturated rings. The largest absolute Gasteiger partial charge is 0.490 e. The molecule has 1 N–H and O–H groups in total. The molecule has 1 aromatic carbocycles. The van der Waals surface area contributed by atoms with Gasteiger partial charge in [-0.1, -0.05) is 6.07 Å². The van der Waals surface area contributed by atoms with Gasteiger partial charge in [-0.3, -0.25) is 0 Å². The lowest BCUT2D eigenvalue weighted by atomic mass is 10.2. The Morgan fingerprint density at radius 2 is 2.27 bits per heavy atom. The smallest absolute Gasteiger partial charge is 0.165 e. The summed E-state index contributed by atoms with van der Waals surface area (Å²) in [4.78, 5) is 0. The number of nitriles is 1. The van der Waals surface area contributed by atoms with Crippen LogP contribution in [0.5, 0.6) is 5.75 Å². The number of hydrogen-bond acceptors (Lipinski definition) is 3. The average molecular weight is 209 g/mol. The van der Waals surface area contributed by atoms with Crippen molar-refractivity contribution in [2.45, 2.75) is 19.4 Å². The maximum absolute atomic E-state index is 13.2. The van der Waals surface area contributed by atoms with Gasteiger partial charge in [-0.25, -0.2) is 4.39 Å². The van der Waals surface area contributed by atoms with Gasteiger partial charge in [-0.05, 0) is 24.1 Å². The Bertz CT molecular complexity index is 360. The Kier molecular flexibility index (Phi) is 4.58. The number of nitrogens with zero attached hydrogens (tertiary/aromatic N) is 1. The van der Waals surface area contributed by atoms with Crippen molar-refractivity contribution in [3.05, 3.63) is 29.6 Å². The first kappa shape index (κ1) is 11.5. The minimum absolute atomic E-state index is 0.158. The van der Waals surface area contributed by atoms with Gasteiger partial charge in [0.15, 0.2) is 11.6 Å². The summed E-state index contributed by atoms with van der Waals surface area (Å²) in [5.74, 6) is -0.330. The van der Waals surface area contributed by atoms with Crippen LogP contribution in [0, 0.1) is 17.1 Å². The first-order valence-electron chi connectivity index (χ1n) is 4.67. The van der Waals surface area contributed by atoms with E-state index in [0.717, 1.165) is 0 Å². The monoisotopic (exact) mass is 209 g/mol. The number of benzene rings is 1. The second-order valence-electron chi connectivity index (χ2n) is 3.03. The lowest BCUT2D eigenvalue weighted by Gasteiger charge is -2.06. The first-order chi connectivity index (χ1) is 7.27. The zero-order valence-corrected chi connectivity index (χ0v) is 8.24. The number of aliphatic hydroxyl groups is 1. The maximum atomic E-state index is 13.2. The van der Waals surface area contributed by atoms with Gasteiger partial charge >= 0.3 is 0 Å². The van der Waals surface area contributed by atoms with Crippen molar-refractivity contribution in [2.75, 3.05) is 6.61 Å². The first-order valence-corrected chi connectivity index (χ1v) is 4.67. The van der Waals surface area contributed by atoms with Crippen molar-refractivity contribution in [1.82, 2.24) is 0 Å². The molecule has 4 heteroatoms. The third-order valence-corrected chi connectivity index (χ3v) is 1.87. The molecule has 0 saturated heterocycles. The highest BCUT2D eigenvalue weighted by Gasteiger charge is 2.03. The highest BCUT2D eigenvalue weighted by molar-refractivity contribution is 5.28. The van der Waals surface area contributed by atoms with Crippen molar-refractivity contribution < 1.29 is 14.2 Å². The fourth-order valence-corrected chi connectivity index (χ4v) is 1.09. The van der Waals surface area contributed by atoms with Crippen LogP contribution in [0.2, 0.25) is 0 Å². The van der Waals surface area contributed by atoms with Gasteiger partial charge in [-0.2, -0.15) is 5.26 Å². The van der Waals surface area contributed by atoms with Crippen LogP contribution >= 0.6 is 0 Å². The second kappa shape index (κ2) is 5.99. The zero-order valence-electron chi connectivity index (χ0n) is 8.24. The summed E-state index contributed by atoms with van der Waals surface area (Å²) in [6, 6.07) is 6.30. The van der Waals surface area contributed by atoms with Crippen LogP contribution in [0.3, 0.4) is 0 Å². The fourth-order valence-electron chi connectivity index (χ4n) is 1.09. The summed E-state index contributed by atoms with van der Waals surface area (Å²) in [6.07, 6.45) is 0.980. The maximum Gasteiger partial charge on any atom is 0.165 e. The van der Waals surface area contributed by atoms with Crippen molar-refractivity contribution in [1.29, 1.82) is 5.26 Å². The quantitative estimate of drug-likeness (QED) is 0.754. The third-order valence-electron chi connectivity index (χ3n) is 1.87. The van der Waals surface area contributed by atoms with Crippen molar-refractivity contribution >= 4 is 0 Å². The summed E-state index contributed by atoms with van der Waals surface area (Å²) in [6.45, 7) is 0.134. The molecule has 0 unspecified atom stereocenters. The van der Waals surface area contributed by atoms with Gasteiger partial charge in [0.2, 0.25) is 0 Å². The Balaban J connectivity index is 2.51. The van der Waals surface area contributed by atoms with E-state index in [9.17, 15) is 4.39 Å². The van der Waals surface area contributed by atoms with E-state index in [-0.39, 0.29) is 12.4 Å². The number of aliphatic hydroxyl groups excluding tert-OH is 1. The number of halogens is 1. The highest BCUT2D eigenvalue weighted by atomic mass is 19.1. The van der Waals surface area contributed by atoms with Crippen LogP contribution < -0.4 is 4.74 Å². The molecule has 0 aliphatic heterocycles. The molecule has 0 amide bonds. The topological polar surface area (TPSA) is 53.2 Å². The minimum Gasteiger partial charge on any atom is -0.490 e. The molecule has 0 atom stereocenters. The molecule has 0 aliphatic carbocycles. The van der Waals surface area contributed by atoms with E-state index in [1.165, 1.54) is 12.1 Å². The molecule has 80 valence electrons. The number of rotatable bonds is 5. The van der Waals surface area contributed by atoms with Crippen molar-refractivity contribution in [2.24, 2.45) is 0 Å². The molecule has 0 bridgehead atoms. The van der Waals surface area contributed by atoms with E-state index in [0.29, 0.717) is 25.0 Å². The predicted octanol–water partition coefficient (Wildman–Crippen LogP) is 2.00. The van der Waals surface area contributed by atoms with Crippen LogP contribution in [0.1, 0.15) is 18.4 Å². The van der Waals surface area contributed by atoms with E-state index in [1.807, 2.05) is 6.07 Å². The van der Waals surface area contributed by atoms with E-state index >= 15 is 0 Å². The molecule has 0 aliphatic rings. The number of unbranched alkanes of at least 4 members (excludes halogenated alkanes) is 1. The predicted molar refractivity (Wildman–Crippen MR) is 52.7 cm³/mol. The molecule has 0 heterocycles. The summed E-state index contributed by atoms with van der Waals surface area (Å²) < 4.78 is 18.4. The van der Waals surface area contributed by atoms with Crippen LogP contribution in [0.25, 0.3) is 0 Å². The molecular weight excluding hydrogens is 197 g/mol. The molecule has 1 aromatic rings. The molecule has 0 radical (unpaired) electrons. The Morgan fingerprint density at radius 3 is 2.87 bits per heavy atom. The van der Waals surface area contributed by atoms with E-state index in [4.69, 9.17) is 15.1 Å². The van der Waals surface area contributed by atoms with Gasteiger partial charge in [0.1, 0.15) is 0 Å². The molecule has 0 spiro atoms.